The molecule has 1 N–H and O–H groups in total. The normalized spacial score (nSPS) is 22.3. The summed E-state index contributed by atoms with van der Waals surface area (Å²) in [5, 5.41) is 7.35. The van der Waals surface area contributed by atoms with Gasteiger partial charge in [-0.1, -0.05) is 30.3 Å². The van der Waals surface area contributed by atoms with Gasteiger partial charge >= 0.3 is 0 Å². The summed E-state index contributed by atoms with van der Waals surface area (Å²) in [6.07, 6.45) is 2.33. The minimum Gasteiger partial charge on any atom is -0.339 e. The van der Waals surface area contributed by atoms with Gasteiger partial charge < -0.3 is 9.84 Å². The van der Waals surface area contributed by atoms with Gasteiger partial charge in [-0.25, -0.2) is 4.39 Å². The van der Waals surface area contributed by atoms with Gasteiger partial charge in [-0.15, -0.1) is 0 Å². The second-order valence-corrected chi connectivity index (χ2v) is 5.34. The second-order valence-electron chi connectivity index (χ2n) is 5.34. The van der Waals surface area contributed by atoms with Gasteiger partial charge in [0, 0.05) is 13.0 Å². The van der Waals surface area contributed by atoms with Crippen LogP contribution in [0.3, 0.4) is 0 Å². The Hall–Kier alpha value is -1.75. The van der Waals surface area contributed by atoms with E-state index in [1.54, 1.807) is 12.1 Å². The minimum atomic E-state index is -0.230. The zero-order valence-corrected chi connectivity index (χ0v) is 11.5. The van der Waals surface area contributed by atoms with E-state index in [9.17, 15) is 4.39 Å². The number of nitrogens with zero attached hydrogens (tertiary/aromatic N) is 2. The molecule has 1 aliphatic rings. The molecule has 5 heteroatoms. The molecular weight excluding hydrogens is 257 g/mol. The molecule has 0 bridgehead atoms. The predicted molar refractivity (Wildman–Crippen MR) is 73.0 cm³/mol. The van der Waals surface area contributed by atoms with Crippen LogP contribution < -0.4 is 5.32 Å². The molecule has 0 aliphatic carbocycles. The summed E-state index contributed by atoms with van der Waals surface area (Å²) in [7, 11) is 0. The van der Waals surface area contributed by atoms with Crippen molar-refractivity contribution in [2.75, 3.05) is 13.1 Å². The minimum absolute atomic E-state index is 0.0551. The zero-order valence-electron chi connectivity index (χ0n) is 11.5. The molecule has 0 amide bonds. The Bertz CT molecular complexity index is 590. The van der Waals surface area contributed by atoms with Crippen molar-refractivity contribution in [1.82, 2.24) is 15.5 Å². The van der Waals surface area contributed by atoms with Crippen LogP contribution in [-0.2, 0) is 11.8 Å². The number of rotatable bonds is 4. The first-order valence-corrected chi connectivity index (χ1v) is 7.01. The lowest BCUT2D eigenvalue weighted by molar-refractivity contribution is 0.283. The fourth-order valence-electron chi connectivity index (χ4n) is 2.73. The molecule has 0 radical (unpaired) electrons. The maximum absolute atomic E-state index is 13.6. The summed E-state index contributed by atoms with van der Waals surface area (Å²) in [4.78, 5) is 4.49. The van der Waals surface area contributed by atoms with Crippen LogP contribution >= 0.6 is 0 Å². The van der Waals surface area contributed by atoms with E-state index in [-0.39, 0.29) is 11.2 Å². The van der Waals surface area contributed by atoms with Crippen molar-refractivity contribution >= 4 is 0 Å². The molecule has 1 aliphatic heterocycles. The summed E-state index contributed by atoms with van der Waals surface area (Å²) >= 11 is 0. The van der Waals surface area contributed by atoms with Crippen LogP contribution in [0.1, 0.15) is 37.0 Å². The predicted octanol–water partition coefficient (Wildman–Crippen LogP) is 2.44. The van der Waals surface area contributed by atoms with Crippen LogP contribution in [0.4, 0.5) is 4.39 Å². The average molecular weight is 275 g/mol. The Kier molecular flexibility index (Phi) is 3.53. The summed E-state index contributed by atoms with van der Waals surface area (Å²) in [6, 6.07) is 6.69. The largest absolute Gasteiger partial charge is 0.339 e. The summed E-state index contributed by atoms with van der Waals surface area (Å²) in [5.41, 5.74) is 0.537. The first-order chi connectivity index (χ1) is 9.73. The number of hydrogen-bond donors (Lipinski definition) is 1. The molecule has 0 saturated carbocycles. The maximum Gasteiger partial charge on any atom is 0.234 e. The smallest absolute Gasteiger partial charge is 0.234 e. The summed E-state index contributed by atoms with van der Waals surface area (Å²) in [6.45, 7) is 3.97. The molecule has 3 rings (SSSR count). The van der Waals surface area contributed by atoms with Crippen LogP contribution in [0.25, 0.3) is 0 Å². The molecule has 1 aromatic heterocycles. The highest BCUT2D eigenvalue weighted by molar-refractivity contribution is 5.21. The van der Waals surface area contributed by atoms with Crippen LogP contribution in [0, 0.1) is 5.82 Å². The van der Waals surface area contributed by atoms with Crippen molar-refractivity contribution in [3.63, 3.8) is 0 Å². The Morgan fingerprint density at radius 3 is 2.95 bits per heavy atom. The highest BCUT2D eigenvalue weighted by atomic mass is 19.1. The highest BCUT2D eigenvalue weighted by Crippen LogP contribution is 2.32. The topological polar surface area (TPSA) is 51.0 Å². The Balaban J connectivity index is 1.82. The lowest BCUT2D eigenvalue weighted by Crippen LogP contribution is -2.28. The van der Waals surface area contributed by atoms with E-state index in [0.29, 0.717) is 23.7 Å². The monoisotopic (exact) mass is 275 g/mol. The molecule has 1 saturated heterocycles. The standard InChI is InChI=1S/C15H18FN3O/c1-2-15(7-8-17-10-15)14-18-13(19-20-14)9-11-5-3-4-6-12(11)16/h3-6,17H,2,7-10H2,1H3. The number of hydrogen-bond acceptors (Lipinski definition) is 4. The van der Waals surface area contributed by atoms with E-state index < -0.39 is 0 Å². The van der Waals surface area contributed by atoms with Gasteiger partial charge in [0.15, 0.2) is 5.82 Å². The highest BCUT2D eigenvalue weighted by Gasteiger charge is 2.39. The molecule has 2 aromatic rings. The lowest BCUT2D eigenvalue weighted by Gasteiger charge is -2.20. The molecule has 1 unspecified atom stereocenters. The van der Waals surface area contributed by atoms with Crippen LogP contribution in [0.2, 0.25) is 0 Å². The average Bonchev–Trinajstić information content (AvgIpc) is 3.11. The van der Waals surface area contributed by atoms with Gasteiger partial charge in [-0.2, -0.15) is 4.98 Å². The maximum atomic E-state index is 13.6. The SMILES string of the molecule is CCC1(c2nc(Cc3ccccc3F)no2)CCNC1. The lowest BCUT2D eigenvalue weighted by atomic mass is 9.84. The molecule has 1 aromatic carbocycles. The fourth-order valence-corrected chi connectivity index (χ4v) is 2.73. The van der Waals surface area contributed by atoms with E-state index in [0.717, 1.165) is 25.9 Å². The Morgan fingerprint density at radius 1 is 1.40 bits per heavy atom. The quantitative estimate of drug-likeness (QED) is 0.931. The van der Waals surface area contributed by atoms with Crippen molar-refractivity contribution in [2.24, 2.45) is 0 Å². The first kappa shape index (κ1) is 13.2. The summed E-state index contributed by atoms with van der Waals surface area (Å²) in [5.74, 6) is 0.993. The summed E-state index contributed by atoms with van der Waals surface area (Å²) < 4.78 is 19.1. The van der Waals surface area contributed by atoms with E-state index in [4.69, 9.17) is 4.52 Å². The van der Waals surface area contributed by atoms with Crippen molar-refractivity contribution in [1.29, 1.82) is 0 Å². The molecule has 20 heavy (non-hydrogen) atoms. The van der Waals surface area contributed by atoms with Crippen molar-refractivity contribution in [3.8, 4) is 0 Å². The third-order valence-corrected chi connectivity index (χ3v) is 4.15. The van der Waals surface area contributed by atoms with Gasteiger partial charge in [0.1, 0.15) is 5.82 Å². The first-order valence-electron chi connectivity index (χ1n) is 7.01. The van der Waals surface area contributed by atoms with E-state index in [2.05, 4.69) is 22.4 Å². The fraction of sp³-hybridized carbons (Fsp3) is 0.467. The van der Waals surface area contributed by atoms with Gasteiger partial charge in [0.25, 0.3) is 0 Å². The van der Waals surface area contributed by atoms with Gasteiger partial charge in [0.2, 0.25) is 5.89 Å². The Morgan fingerprint density at radius 2 is 2.25 bits per heavy atom. The molecule has 0 spiro atoms. The molecular formula is C15H18FN3O. The van der Waals surface area contributed by atoms with Crippen LogP contribution in [0.5, 0.6) is 0 Å². The van der Waals surface area contributed by atoms with E-state index in [1.165, 1.54) is 6.07 Å². The van der Waals surface area contributed by atoms with Crippen LogP contribution in [0.15, 0.2) is 28.8 Å². The van der Waals surface area contributed by atoms with Crippen molar-refractivity contribution < 1.29 is 8.91 Å². The third-order valence-electron chi connectivity index (χ3n) is 4.15. The molecule has 2 heterocycles. The van der Waals surface area contributed by atoms with Gasteiger partial charge in [-0.05, 0) is 31.0 Å². The number of benzene rings is 1. The molecule has 106 valence electrons. The van der Waals surface area contributed by atoms with Gasteiger partial charge in [-0.3, -0.25) is 0 Å². The number of aromatic nitrogens is 2. The van der Waals surface area contributed by atoms with E-state index in [1.807, 2.05) is 6.07 Å². The van der Waals surface area contributed by atoms with Crippen molar-refractivity contribution in [2.45, 2.75) is 31.6 Å². The third kappa shape index (κ3) is 2.33. The molecule has 4 nitrogen and oxygen atoms in total. The zero-order chi connectivity index (χ0) is 14.0. The van der Waals surface area contributed by atoms with Gasteiger partial charge in [0.05, 0.1) is 5.41 Å². The number of halogens is 1. The van der Waals surface area contributed by atoms with Crippen LogP contribution in [-0.4, -0.2) is 23.2 Å². The van der Waals surface area contributed by atoms with E-state index >= 15 is 0 Å². The second kappa shape index (κ2) is 5.32. The molecule has 1 atom stereocenters. The number of nitrogens with one attached hydrogen (secondary N) is 1. The Labute approximate surface area is 117 Å². The molecule has 1 fully saturated rings. The van der Waals surface area contributed by atoms with Crippen molar-refractivity contribution in [3.05, 3.63) is 47.4 Å².